The number of benzene rings is 1. The summed E-state index contributed by atoms with van der Waals surface area (Å²) in [6.07, 6.45) is 0.983. The molecule has 0 amide bonds. The van der Waals surface area contributed by atoms with Gasteiger partial charge in [0.25, 0.3) is 0 Å². The third-order valence-electron chi connectivity index (χ3n) is 3.17. The van der Waals surface area contributed by atoms with E-state index < -0.39 is 0 Å². The molecule has 1 fully saturated rings. The minimum Gasteiger partial charge on any atom is -0.330 e. The quantitative estimate of drug-likeness (QED) is 0.838. The van der Waals surface area contributed by atoms with Crippen LogP contribution in [0.4, 0.5) is 0 Å². The van der Waals surface area contributed by atoms with Crippen LogP contribution in [0.15, 0.2) is 24.3 Å². The normalized spacial score (nSPS) is 19.4. The zero-order valence-corrected chi connectivity index (χ0v) is 10.4. The molecule has 1 aliphatic rings. The Balaban J connectivity index is 1.86. The Hall–Kier alpha value is -0.860. The highest BCUT2D eigenvalue weighted by atomic mass is 15.2. The molecule has 0 spiro atoms. The van der Waals surface area contributed by atoms with Crippen molar-refractivity contribution in [3.05, 3.63) is 35.4 Å². The van der Waals surface area contributed by atoms with Crippen LogP contribution in [0, 0.1) is 5.41 Å². The summed E-state index contributed by atoms with van der Waals surface area (Å²) in [5, 5.41) is 0. The van der Waals surface area contributed by atoms with Gasteiger partial charge in [-0.3, -0.25) is 4.90 Å². The molecule has 2 N–H and O–H groups in total. The van der Waals surface area contributed by atoms with Crippen LogP contribution >= 0.6 is 0 Å². The van der Waals surface area contributed by atoms with Crippen molar-refractivity contribution in [1.29, 1.82) is 0 Å². The van der Waals surface area contributed by atoms with Crippen LogP contribution in [0.3, 0.4) is 0 Å². The molecule has 2 nitrogen and oxygen atoms in total. The maximum Gasteiger partial charge on any atom is 0.0234 e. The van der Waals surface area contributed by atoms with E-state index in [1.54, 1.807) is 0 Å². The lowest BCUT2D eigenvalue weighted by atomic mass is 9.84. The summed E-state index contributed by atoms with van der Waals surface area (Å²) in [4.78, 5) is 2.50. The Morgan fingerprint density at radius 2 is 1.69 bits per heavy atom. The van der Waals surface area contributed by atoms with Gasteiger partial charge < -0.3 is 5.73 Å². The lowest BCUT2D eigenvalue weighted by Gasteiger charge is -2.46. The van der Waals surface area contributed by atoms with Gasteiger partial charge in [0, 0.05) is 19.6 Å². The van der Waals surface area contributed by atoms with Crippen molar-refractivity contribution in [1.82, 2.24) is 4.90 Å². The lowest BCUT2D eigenvalue weighted by Crippen LogP contribution is -2.52. The SMILES string of the molecule is CC1(C)CN(Cc2ccc(CCN)cc2)C1. The van der Waals surface area contributed by atoms with Gasteiger partial charge in [-0.15, -0.1) is 0 Å². The Morgan fingerprint density at radius 3 is 2.19 bits per heavy atom. The molecule has 2 rings (SSSR count). The van der Waals surface area contributed by atoms with E-state index in [9.17, 15) is 0 Å². The summed E-state index contributed by atoms with van der Waals surface area (Å²) >= 11 is 0. The van der Waals surface area contributed by atoms with Crippen LogP contribution < -0.4 is 5.73 Å². The predicted octanol–water partition coefficient (Wildman–Crippen LogP) is 2.03. The molecule has 0 bridgehead atoms. The maximum atomic E-state index is 5.53. The van der Waals surface area contributed by atoms with E-state index in [0.717, 1.165) is 19.5 Å². The van der Waals surface area contributed by atoms with E-state index >= 15 is 0 Å². The fourth-order valence-corrected chi connectivity index (χ4v) is 2.51. The van der Waals surface area contributed by atoms with Gasteiger partial charge in [-0.2, -0.15) is 0 Å². The van der Waals surface area contributed by atoms with E-state index in [4.69, 9.17) is 5.73 Å². The van der Waals surface area contributed by atoms with Crippen molar-refractivity contribution in [2.24, 2.45) is 11.1 Å². The summed E-state index contributed by atoms with van der Waals surface area (Å²) in [5.41, 5.74) is 8.81. The van der Waals surface area contributed by atoms with Gasteiger partial charge in [-0.1, -0.05) is 38.1 Å². The number of hydrogen-bond donors (Lipinski definition) is 1. The predicted molar refractivity (Wildman–Crippen MR) is 68.3 cm³/mol. The van der Waals surface area contributed by atoms with E-state index in [1.165, 1.54) is 24.2 Å². The second-order valence-corrected chi connectivity index (χ2v) is 5.66. The van der Waals surface area contributed by atoms with Gasteiger partial charge in [-0.05, 0) is 29.5 Å². The molecule has 1 saturated heterocycles. The standard InChI is InChI=1S/C14H22N2/c1-14(2)10-16(11-14)9-13-5-3-12(4-6-13)7-8-15/h3-6H,7-11,15H2,1-2H3. The number of nitrogens with two attached hydrogens (primary N) is 1. The highest BCUT2D eigenvalue weighted by Crippen LogP contribution is 2.29. The highest BCUT2D eigenvalue weighted by Gasteiger charge is 2.33. The zero-order chi connectivity index (χ0) is 11.6. The first-order valence-electron chi connectivity index (χ1n) is 6.09. The molecule has 1 aromatic carbocycles. The van der Waals surface area contributed by atoms with Crippen LogP contribution in [0.2, 0.25) is 0 Å². The smallest absolute Gasteiger partial charge is 0.0234 e. The molecule has 0 saturated carbocycles. The van der Waals surface area contributed by atoms with Gasteiger partial charge in [0.05, 0.1) is 0 Å². The van der Waals surface area contributed by atoms with Crippen molar-refractivity contribution >= 4 is 0 Å². The third kappa shape index (κ3) is 2.83. The largest absolute Gasteiger partial charge is 0.330 e. The van der Waals surface area contributed by atoms with Crippen LogP contribution in [0.1, 0.15) is 25.0 Å². The fraction of sp³-hybridized carbons (Fsp3) is 0.571. The number of nitrogens with zero attached hydrogens (tertiary/aromatic N) is 1. The molecular weight excluding hydrogens is 196 g/mol. The first-order chi connectivity index (χ1) is 7.59. The van der Waals surface area contributed by atoms with E-state index in [1.807, 2.05) is 0 Å². The number of rotatable bonds is 4. The Bertz CT molecular complexity index is 332. The topological polar surface area (TPSA) is 29.3 Å². The molecule has 0 atom stereocenters. The molecule has 1 aromatic rings. The molecule has 1 heterocycles. The Morgan fingerprint density at radius 1 is 1.12 bits per heavy atom. The zero-order valence-electron chi connectivity index (χ0n) is 10.4. The lowest BCUT2D eigenvalue weighted by molar-refractivity contribution is 0.0242. The van der Waals surface area contributed by atoms with Crippen LogP contribution in [0.5, 0.6) is 0 Å². The monoisotopic (exact) mass is 218 g/mol. The van der Waals surface area contributed by atoms with Crippen LogP contribution in [-0.4, -0.2) is 24.5 Å². The van der Waals surface area contributed by atoms with Crippen LogP contribution in [-0.2, 0) is 13.0 Å². The minimum absolute atomic E-state index is 0.527. The summed E-state index contributed by atoms with van der Waals surface area (Å²) in [6.45, 7) is 8.92. The minimum atomic E-state index is 0.527. The van der Waals surface area contributed by atoms with Crippen molar-refractivity contribution in [2.75, 3.05) is 19.6 Å². The fourth-order valence-electron chi connectivity index (χ4n) is 2.51. The van der Waals surface area contributed by atoms with Gasteiger partial charge in [-0.25, -0.2) is 0 Å². The molecule has 88 valence electrons. The second kappa shape index (κ2) is 4.56. The first-order valence-corrected chi connectivity index (χ1v) is 6.09. The third-order valence-corrected chi connectivity index (χ3v) is 3.17. The molecule has 16 heavy (non-hydrogen) atoms. The average Bonchev–Trinajstić information content (AvgIpc) is 2.18. The van der Waals surface area contributed by atoms with Crippen molar-refractivity contribution in [2.45, 2.75) is 26.8 Å². The van der Waals surface area contributed by atoms with Gasteiger partial charge in [0.2, 0.25) is 0 Å². The van der Waals surface area contributed by atoms with Crippen molar-refractivity contribution in [3.63, 3.8) is 0 Å². The molecule has 0 radical (unpaired) electrons. The Kier molecular flexibility index (Phi) is 3.31. The summed E-state index contributed by atoms with van der Waals surface area (Å²) in [6, 6.07) is 8.87. The molecule has 0 aliphatic carbocycles. The molecule has 2 heteroatoms. The number of hydrogen-bond acceptors (Lipinski definition) is 2. The molecule has 0 aromatic heterocycles. The van der Waals surface area contributed by atoms with E-state index in [0.29, 0.717) is 5.41 Å². The van der Waals surface area contributed by atoms with Crippen LogP contribution in [0.25, 0.3) is 0 Å². The second-order valence-electron chi connectivity index (χ2n) is 5.66. The van der Waals surface area contributed by atoms with E-state index in [2.05, 4.69) is 43.0 Å². The summed E-state index contributed by atoms with van der Waals surface area (Å²) in [7, 11) is 0. The van der Waals surface area contributed by atoms with Gasteiger partial charge >= 0.3 is 0 Å². The summed E-state index contributed by atoms with van der Waals surface area (Å²) < 4.78 is 0. The number of likely N-dealkylation sites (tertiary alicyclic amines) is 1. The first kappa shape index (κ1) is 11.6. The Labute approximate surface area is 98.4 Å². The van der Waals surface area contributed by atoms with E-state index in [-0.39, 0.29) is 0 Å². The molecule has 1 aliphatic heterocycles. The molecular formula is C14H22N2. The van der Waals surface area contributed by atoms with Gasteiger partial charge in [0.15, 0.2) is 0 Å². The van der Waals surface area contributed by atoms with Crippen molar-refractivity contribution in [3.8, 4) is 0 Å². The molecule has 0 unspecified atom stereocenters. The summed E-state index contributed by atoms with van der Waals surface area (Å²) in [5.74, 6) is 0. The average molecular weight is 218 g/mol. The van der Waals surface area contributed by atoms with Gasteiger partial charge in [0.1, 0.15) is 0 Å². The maximum absolute atomic E-state index is 5.53. The highest BCUT2D eigenvalue weighted by molar-refractivity contribution is 5.23. The van der Waals surface area contributed by atoms with Crippen molar-refractivity contribution < 1.29 is 0 Å².